The normalized spacial score (nSPS) is 25.3. The number of carboxylic acid groups (broad SMARTS) is 1. The molecule has 1 fully saturated rings. The van der Waals surface area contributed by atoms with Crippen LogP contribution in [0.2, 0.25) is 0 Å². The Balaban J connectivity index is 2.35. The van der Waals surface area contributed by atoms with Crippen molar-refractivity contribution in [3.05, 3.63) is 34.7 Å². The third-order valence-electron chi connectivity index (χ3n) is 3.01. The SMILES string of the molecule is O=C(O)C1CCCC1n1ccccc1=O. The van der Waals surface area contributed by atoms with Crippen molar-refractivity contribution < 1.29 is 9.90 Å². The van der Waals surface area contributed by atoms with Crippen LogP contribution in [0.25, 0.3) is 0 Å². The minimum absolute atomic E-state index is 0.115. The van der Waals surface area contributed by atoms with Crippen LogP contribution in [0.5, 0.6) is 0 Å². The summed E-state index contributed by atoms with van der Waals surface area (Å²) in [5.74, 6) is -1.21. The van der Waals surface area contributed by atoms with E-state index in [1.54, 1.807) is 22.9 Å². The fourth-order valence-electron chi connectivity index (χ4n) is 2.28. The van der Waals surface area contributed by atoms with Crippen molar-refractivity contribution in [3.8, 4) is 0 Å². The second kappa shape index (κ2) is 3.88. The van der Waals surface area contributed by atoms with Crippen LogP contribution in [0.15, 0.2) is 29.2 Å². The minimum atomic E-state index is -0.798. The van der Waals surface area contributed by atoms with Crippen molar-refractivity contribution in [1.29, 1.82) is 0 Å². The van der Waals surface area contributed by atoms with Crippen LogP contribution in [0.4, 0.5) is 0 Å². The van der Waals surface area contributed by atoms with E-state index < -0.39 is 11.9 Å². The first kappa shape index (κ1) is 9.96. The van der Waals surface area contributed by atoms with Crippen molar-refractivity contribution in [2.75, 3.05) is 0 Å². The van der Waals surface area contributed by atoms with E-state index in [1.165, 1.54) is 6.07 Å². The molecule has 4 heteroatoms. The molecule has 0 radical (unpaired) electrons. The Hall–Kier alpha value is -1.58. The van der Waals surface area contributed by atoms with Crippen molar-refractivity contribution >= 4 is 5.97 Å². The monoisotopic (exact) mass is 207 g/mol. The number of pyridine rings is 1. The second-order valence-electron chi connectivity index (χ2n) is 3.89. The van der Waals surface area contributed by atoms with E-state index in [0.29, 0.717) is 6.42 Å². The Morgan fingerprint density at radius 3 is 2.87 bits per heavy atom. The molecule has 0 amide bonds. The molecule has 0 aromatic carbocycles. The van der Waals surface area contributed by atoms with Gasteiger partial charge in [-0.15, -0.1) is 0 Å². The van der Waals surface area contributed by atoms with Gasteiger partial charge in [-0.2, -0.15) is 0 Å². The number of aromatic nitrogens is 1. The number of nitrogens with zero attached hydrogens (tertiary/aromatic N) is 1. The molecule has 1 saturated carbocycles. The summed E-state index contributed by atoms with van der Waals surface area (Å²) >= 11 is 0. The zero-order valence-corrected chi connectivity index (χ0v) is 8.30. The van der Waals surface area contributed by atoms with Gasteiger partial charge in [-0.25, -0.2) is 0 Å². The maximum Gasteiger partial charge on any atom is 0.308 e. The van der Waals surface area contributed by atoms with Crippen molar-refractivity contribution in [2.24, 2.45) is 5.92 Å². The second-order valence-corrected chi connectivity index (χ2v) is 3.89. The largest absolute Gasteiger partial charge is 0.481 e. The van der Waals surface area contributed by atoms with E-state index in [9.17, 15) is 9.59 Å². The maximum absolute atomic E-state index is 11.5. The molecule has 15 heavy (non-hydrogen) atoms. The van der Waals surface area contributed by atoms with Gasteiger partial charge in [-0.3, -0.25) is 9.59 Å². The Labute approximate surface area is 87.2 Å². The molecule has 2 unspecified atom stereocenters. The van der Waals surface area contributed by atoms with Gasteiger partial charge in [0.25, 0.3) is 5.56 Å². The van der Waals surface area contributed by atoms with Crippen molar-refractivity contribution in [3.63, 3.8) is 0 Å². The summed E-state index contributed by atoms with van der Waals surface area (Å²) in [5, 5.41) is 9.02. The van der Waals surface area contributed by atoms with E-state index in [-0.39, 0.29) is 11.6 Å². The Morgan fingerprint density at radius 1 is 1.40 bits per heavy atom. The van der Waals surface area contributed by atoms with Gasteiger partial charge in [-0.1, -0.05) is 12.5 Å². The summed E-state index contributed by atoms with van der Waals surface area (Å²) in [7, 11) is 0. The highest BCUT2D eigenvalue weighted by atomic mass is 16.4. The lowest BCUT2D eigenvalue weighted by Crippen LogP contribution is -2.29. The standard InChI is InChI=1S/C11H13NO3/c13-10-6-1-2-7-12(10)9-5-3-4-8(9)11(14)15/h1-2,6-9H,3-5H2,(H,14,15). The van der Waals surface area contributed by atoms with Crippen LogP contribution >= 0.6 is 0 Å². The zero-order valence-electron chi connectivity index (χ0n) is 8.30. The van der Waals surface area contributed by atoms with Crippen LogP contribution < -0.4 is 5.56 Å². The predicted octanol–water partition coefficient (Wildman–Crippen LogP) is 1.27. The number of hydrogen-bond donors (Lipinski definition) is 1. The maximum atomic E-state index is 11.5. The van der Waals surface area contributed by atoms with Crippen LogP contribution in [-0.2, 0) is 4.79 Å². The molecule has 4 nitrogen and oxygen atoms in total. The lowest BCUT2D eigenvalue weighted by atomic mass is 10.0. The molecule has 1 aromatic rings. The van der Waals surface area contributed by atoms with Crippen LogP contribution in [0, 0.1) is 5.92 Å². The van der Waals surface area contributed by atoms with Gasteiger partial charge in [0, 0.05) is 18.3 Å². The third-order valence-corrected chi connectivity index (χ3v) is 3.01. The Bertz CT molecular complexity index is 424. The number of hydrogen-bond acceptors (Lipinski definition) is 2. The summed E-state index contributed by atoms with van der Waals surface area (Å²) in [6.45, 7) is 0. The average Bonchev–Trinajstić information content (AvgIpc) is 2.67. The van der Waals surface area contributed by atoms with E-state index >= 15 is 0 Å². The molecular weight excluding hydrogens is 194 g/mol. The summed E-state index contributed by atoms with van der Waals surface area (Å²) in [6.07, 6.45) is 4.00. The van der Waals surface area contributed by atoms with Gasteiger partial charge in [0.05, 0.1) is 5.92 Å². The summed E-state index contributed by atoms with van der Waals surface area (Å²) < 4.78 is 1.55. The number of carboxylic acids is 1. The summed E-state index contributed by atoms with van der Waals surface area (Å²) in [4.78, 5) is 22.5. The van der Waals surface area contributed by atoms with E-state index in [1.807, 2.05) is 0 Å². The van der Waals surface area contributed by atoms with Crippen molar-refractivity contribution in [2.45, 2.75) is 25.3 Å². The highest BCUT2D eigenvalue weighted by Crippen LogP contribution is 2.34. The van der Waals surface area contributed by atoms with Crippen LogP contribution in [0.3, 0.4) is 0 Å². The fraction of sp³-hybridized carbons (Fsp3) is 0.455. The molecule has 1 aliphatic carbocycles. The summed E-state index contributed by atoms with van der Waals surface area (Å²) in [6, 6.07) is 4.73. The molecule has 0 bridgehead atoms. The molecule has 0 spiro atoms. The summed E-state index contributed by atoms with van der Waals surface area (Å²) in [5.41, 5.74) is -0.115. The predicted molar refractivity (Wildman–Crippen MR) is 54.7 cm³/mol. The van der Waals surface area contributed by atoms with Gasteiger partial charge in [-0.05, 0) is 18.9 Å². The Morgan fingerprint density at radius 2 is 2.20 bits per heavy atom. The van der Waals surface area contributed by atoms with Gasteiger partial charge >= 0.3 is 5.97 Å². The molecular formula is C11H13NO3. The number of rotatable bonds is 2. The van der Waals surface area contributed by atoms with Gasteiger partial charge in [0.15, 0.2) is 0 Å². The smallest absolute Gasteiger partial charge is 0.308 e. The molecule has 1 aliphatic rings. The van der Waals surface area contributed by atoms with E-state index in [2.05, 4.69) is 0 Å². The molecule has 0 aliphatic heterocycles. The van der Waals surface area contributed by atoms with Gasteiger partial charge in [0.2, 0.25) is 0 Å². The van der Waals surface area contributed by atoms with Crippen molar-refractivity contribution in [1.82, 2.24) is 4.57 Å². The van der Waals surface area contributed by atoms with Gasteiger partial charge in [0.1, 0.15) is 0 Å². The first-order valence-corrected chi connectivity index (χ1v) is 5.10. The lowest BCUT2D eigenvalue weighted by molar-refractivity contribution is -0.142. The molecule has 1 heterocycles. The molecule has 1 aromatic heterocycles. The average molecular weight is 207 g/mol. The molecule has 0 saturated heterocycles. The van der Waals surface area contributed by atoms with Crippen LogP contribution in [-0.4, -0.2) is 15.6 Å². The fourth-order valence-corrected chi connectivity index (χ4v) is 2.28. The molecule has 80 valence electrons. The highest BCUT2D eigenvalue weighted by Gasteiger charge is 2.34. The van der Waals surface area contributed by atoms with E-state index in [0.717, 1.165) is 12.8 Å². The topological polar surface area (TPSA) is 59.3 Å². The zero-order chi connectivity index (χ0) is 10.8. The molecule has 2 rings (SSSR count). The first-order valence-electron chi connectivity index (χ1n) is 5.10. The lowest BCUT2D eigenvalue weighted by Gasteiger charge is -2.18. The quantitative estimate of drug-likeness (QED) is 0.794. The third kappa shape index (κ3) is 1.79. The first-order chi connectivity index (χ1) is 7.20. The number of aliphatic carboxylic acids is 1. The minimum Gasteiger partial charge on any atom is -0.481 e. The van der Waals surface area contributed by atoms with Crippen LogP contribution in [0.1, 0.15) is 25.3 Å². The number of carbonyl (C=O) groups is 1. The van der Waals surface area contributed by atoms with E-state index in [4.69, 9.17) is 5.11 Å². The highest BCUT2D eigenvalue weighted by molar-refractivity contribution is 5.71. The Kier molecular flexibility index (Phi) is 2.58. The van der Waals surface area contributed by atoms with Gasteiger partial charge < -0.3 is 9.67 Å². The molecule has 2 atom stereocenters. The molecule has 1 N–H and O–H groups in total.